The molecule has 0 rings (SSSR count). The van der Waals surface area contributed by atoms with Gasteiger partial charge in [0.05, 0.1) is 0 Å². The van der Waals surface area contributed by atoms with Gasteiger partial charge in [-0.25, -0.2) is 0 Å². The van der Waals surface area contributed by atoms with Crippen LogP contribution in [-0.2, 0) is 0 Å². The molecule has 0 aromatic carbocycles. The molecule has 1 N–H and O–H groups in total. The zero-order valence-corrected chi connectivity index (χ0v) is 12.6. The SMILES string of the molecule is C=C(NC(C)C(C)C)/C(C)=C(\C=C/C)C(C)C. The van der Waals surface area contributed by atoms with Gasteiger partial charge >= 0.3 is 0 Å². The van der Waals surface area contributed by atoms with Gasteiger partial charge in [-0.3, -0.25) is 0 Å². The normalized spacial score (nSPS) is 15.4. The Morgan fingerprint density at radius 2 is 1.65 bits per heavy atom. The van der Waals surface area contributed by atoms with Crippen molar-refractivity contribution >= 4 is 0 Å². The van der Waals surface area contributed by atoms with Crippen molar-refractivity contribution in [2.24, 2.45) is 11.8 Å². The fourth-order valence-corrected chi connectivity index (χ4v) is 1.65. The molecule has 1 heteroatoms. The third-order valence-electron chi connectivity index (χ3n) is 3.26. The monoisotopic (exact) mass is 235 g/mol. The van der Waals surface area contributed by atoms with Crippen molar-refractivity contribution in [3.63, 3.8) is 0 Å². The van der Waals surface area contributed by atoms with Gasteiger partial charge in [-0.05, 0) is 43.8 Å². The number of hydrogen-bond donors (Lipinski definition) is 1. The van der Waals surface area contributed by atoms with Gasteiger partial charge in [0.1, 0.15) is 0 Å². The van der Waals surface area contributed by atoms with Crippen LogP contribution in [0.15, 0.2) is 35.6 Å². The highest BCUT2D eigenvalue weighted by atomic mass is 14.9. The van der Waals surface area contributed by atoms with Crippen LogP contribution in [0.1, 0.15) is 48.5 Å². The molecule has 0 spiro atoms. The first-order chi connectivity index (χ1) is 7.81. The van der Waals surface area contributed by atoms with Crippen LogP contribution >= 0.6 is 0 Å². The van der Waals surface area contributed by atoms with E-state index in [0.29, 0.717) is 17.9 Å². The Morgan fingerprint density at radius 3 is 2.00 bits per heavy atom. The van der Waals surface area contributed by atoms with Crippen LogP contribution in [0.5, 0.6) is 0 Å². The fourth-order valence-electron chi connectivity index (χ4n) is 1.65. The van der Waals surface area contributed by atoms with Crippen molar-refractivity contribution in [2.75, 3.05) is 0 Å². The molecule has 0 heterocycles. The summed E-state index contributed by atoms with van der Waals surface area (Å²) >= 11 is 0. The molecule has 0 saturated carbocycles. The number of rotatable bonds is 6. The first kappa shape index (κ1) is 16.0. The second-order valence-electron chi connectivity index (χ2n) is 5.39. The summed E-state index contributed by atoms with van der Waals surface area (Å²) in [5.41, 5.74) is 3.68. The van der Waals surface area contributed by atoms with Gasteiger partial charge in [0.2, 0.25) is 0 Å². The molecule has 0 amide bonds. The average Bonchev–Trinajstić information content (AvgIpc) is 2.24. The van der Waals surface area contributed by atoms with E-state index in [1.165, 1.54) is 11.1 Å². The summed E-state index contributed by atoms with van der Waals surface area (Å²) in [6.07, 6.45) is 4.28. The molecule has 1 nitrogen and oxygen atoms in total. The molecule has 0 aromatic heterocycles. The van der Waals surface area contributed by atoms with Crippen molar-refractivity contribution in [3.05, 3.63) is 35.6 Å². The molecular formula is C16H29N. The summed E-state index contributed by atoms with van der Waals surface area (Å²) in [4.78, 5) is 0. The van der Waals surface area contributed by atoms with Crippen molar-refractivity contribution in [3.8, 4) is 0 Å². The topological polar surface area (TPSA) is 12.0 Å². The van der Waals surface area contributed by atoms with Crippen LogP contribution in [0.4, 0.5) is 0 Å². The molecule has 0 aromatic rings. The van der Waals surface area contributed by atoms with Crippen LogP contribution in [0.25, 0.3) is 0 Å². The second kappa shape index (κ2) is 7.37. The third kappa shape index (κ3) is 5.25. The van der Waals surface area contributed by atoms with E-state index in [9.17, 15) is 0 Å². The summed E-state index contributed by atoms with van der Waals surface area (Å²) in [5, 5.41) is 3.49. The Hall–Kier alpha value is -0.980. The molecule has 0 aliphatic carbocycles. The van der Waals surface area contributed by atoms with Gasteiger partial charge in [0.15, 0.2) is 0 Å². The van der Waals surface area contributed by atoms with Gasteiger partial charge in [0, 0.05) is 11.7 Å². The molecule has 0 bridgehead atoms. The number of hydrogen-bond acceptors (Lipinski definition) is 1. The second-order valence-corrected chi connectivity index (χ2v) is 5.39. The number of nitrogens with one attached hydrogen (secondary N) is 1. The van der Waals surface area contributed by atoms with Crippen molar-refractivity contribution in [2.45, 2.75) is 54.5 Å². The van der Waals surface area contributed by atoms with Gasteiger partial charge in [-0.1, -0.05) is 46.4 Å². The van der Waals surface area contributed by atoms with Gasteiger partial charge < -0.3 is 5.32 Å². The van der Waals surface area contributed by atoms with Gasteiger partial charge in [-0.15, -0.1) is 0 Å². The largest absolute Gasteiger partial charge is 0.383 e. The Bertz CT molecular complexity index is 305. The maximum absolute atomic E-state index is 4.16. The third-order valence-corrected chi connectivity index (χ3v) is 3.26. The van der Waals surface area contributed by atoms with Crippen LogP contribution < -0.4 is 5.32 Å². The van der Waals surface area contributed by atoms with E-state index in [-0.39, 0.29) is 0 Å². The van der Waals surface area contributed by atoms with E-state index in [0.717, 1.165) is 5.70 Å². The highest BCUT2D eigenvalue weighted by molar-refractivity contribution is 5.37. The molecule has 98 valence electrons. The summed E-state index contributed by atoms with van der Waals surface area (Å²) in [5.74, 6) is 1.14. The minimum atomic E-state index is 0.455. The highest BCUT2D eigenvalue weighted by Gasteiger charge is 2.11. The smallest absolute Gasteiger partial charge is 0.0301 e. The lowest BCUT2D eigenvalue weighted by atomic mass is 9.95. The zero-order chi connectivity index (χ0) is 13.6. The first-order valence-corrected chi connectivity index (χ1v) is 6.60. The zero-order valence-electron chi connectivity index (χ0n) is 12.6. The molecule has 1 atom stereocenters. The quantitative estimate of drug-likeness (QED) is 0.659. The maximum Gasteiger partial charge on any atom is 0.0301 e. The lowest BCUT2D eigenvalue weighted by Gasteiger charge is -2.23. The van der Waals surface area contributed by atoms with E-state index in [2.05, 4.69) is 72.5 Å². The summed E-state index contributed by atoms with van der Waals surface area (Å²) in [6.45, 7) is 19.5. The molecule has 0 fully saturated rings. The predicted octanol–water partition coefficient (Wildman–Crippen LogP) is 4.68. The van der Waals surface area contributed by atoms with E-state index < -0.39 is 0 Å². The summed E-state index contributed by atoms with van der Waals surface area (Å²) < 4.78 is 0. The lowest BCUT2D eigenvalue weighted by Crippen LogP contribution is -2.30. The Balaban J connectivity index is 4.92. The first-order valence-electron chi connectivity index (χ1n) is 6.60. The molecule has 1 unspecified atom stereocenters. The van der Waals surface area contributed by atoms with Crippen molar-refractivity contribution in [1.29, 1.82) is 0 Å². The van der Waals surface area contributed by atoms with Crippen LogP contribution in [0, 0.1) is 11.8 Å². The number of allylic oxidation sites excluding steroid dienone is 4. The summed E-state index contributed by atoms with van der Waals surface area (Å²) in [6, 6.07) is 0.455. The minimum Gasteiger partial charge on any atom is -0.383 e. The summed E-state index contributed by atoms with van der Waals surface area (Å²) in [7, 11) is 0. The van der Waals surface area contributed by atoms with E-state index in [1.807, 2.05) is 0 Å². The Morgan fingerprint density at radius 1 is 1.12 bits per heavy atom. The van der Waals surface area contributed by atoms with E-state index >= 15 is 0 Å². The van der Waals surface area contributed by atoms with Crippen molar-refractivity contribution < 1.29 is 0 Å². The van der Waals surface area contributed by atoms with Gasteiger partial charge in [-0.2, -0.15) is 0 Å². The lowest BCUT2D eigenvalue weighted by molar-refractivity contribution is 0.464. The predicted molar refractivity (Wildman–Crippen MR) is 78.9 cm³/mol. The minimum absolute atomic E-state index is 0.455. The highest BCUT2D eigenvalue weighted by Crippen LogP contribution is 2.20. The van der Waals surface area contributed by atoms with Crippen LogP contribution in [-0.4, -0.2) is 6.04 Å². The van der Waals surface area contributed by atoms with Crippen LogP contribution in [0.2, 0.25) is 0 Å². The van der Waals surface area contributed by atoms with E-state index in [4.69, 9.17) is 0 Å². The van der Waals surface area contributed by atoms with Crippen LogP contribution in [0.3, 0.4) is 0 Å². The van der Waals surface area contributed by atoms with Crippen molar-refractivity contribution in [1.82, 2.24) is 5.32 Å². The fraction of sp³-hybridized carbons (Fsp3) is 0.625. The molecule has 0 aliphatic heterocycles. The molecule has 0 aliphatic rings. The average molecular weight is 235 g/mol. The molecule has 0 radical (unpaired) electrons. The standard InChI is InChI=1S/C16H29N/c1-9-10-16(12(4)5)13(6)15(8)17-14(7)11(2)3/h9-12,14,17H,8H2,1-7H3/b10-9-,16-13+. The van der Waals surface area contributed by atoms with Gasteiger partial charge in [0.25, 0.3) is 0 Å². The maximum atomic E-state index is 4.16. The molecular weight excluding hydrogens is 206 g/mol. The Labute approximate surface area is 108 Å². The van der Waals surface area contributed by atoms with E-state index in [1.54, 1.807) is 0 Å². The Kier molecular flexibility index (Phi) is 6.94. The molecule has 17 heavy (non-hydrogen) atoms. The molecule has 0 saturated heterocycles.